The lowest BCUT2D eigenvalue weighted by atomic mass is 9.49. The van der Waals surface area contributed by atoms with Crippen LogP contribution in [0, 0.1) is 35.0 Å². The van der Waals surface area contributed by atoms with Crippen molar-refractivity contribution in [3.8, 4) is 0 Å². The molecule has 3 amide bonds. The topological polar surface area (TPSA) is 171 Å². The average Bonchev–Trinajstić information content (AvgIpc) is 3.20. The van der Waals surface area contributed by atoms with E-state index in [9.17, 15) is 32.5 Å². The zero-order valence-corrected chi connectivity index (χ0v) is 23.2. The first-order chi connectivity index (χ1) is 17.8. The summed E-state index contributed by atoms with van der Waals surface area (Å²) in [6.45, 7) is 4.41. The molecule has 5 rings (SSSR count). The van der Waals surface area contributed by atoms with E-state index in [0.717, 1.165) is 24.2 Å². The van der Waals surface area contributed by atoms with E-state index < -0.39 is 45.6 Å². The van der Waals surface area contributed by atoms with Crippen molar-refractivity contribution >= 4 is 28.0 Å². The van der Waals surface area contributed by atoms with Crippen molar-refractivity contribution in [1.29, 1.82) is 0 Å². The number of hydrogen-bond donors (Lipinski definition) is 5. The number of amides is 3. The van der Waals surface area contributed by atoms with Gasteiger partial charge in [-0.25, -0.2) is 4.79 Å². The normalized spacial score (nSPS) is 32.5. The molecule has 0 aromatic heterocycles. The standard InChI is InChI=1S/C26H43N3O8S/c1-15(2)7-20(23(31)28-21(24(32)38(34,35)36)11-19-3-5-27-22(19)30)29-25(33)37-6-4-26-12-16-8-17(13-26)10-18(9-16)14-26/h15-21,24,32H,3-14H2,1-2H3,(H,27,30)(H,28,31)(H,29,33)(H,34,35,36)/t16?,17?,18?,19?,20-,21?,24?,26?/m0/s1. The molecule has 0 radical (unpaired) electrons. The summed E-state index contributed by atoms with van der Waals surface area (Å²) in [5, 5.41) is 17.9. The SMILES string of the molecule is CC(C)C[C@H](NC(=O)OCCC12CC3CC(CC(C3)C1)C2)C(=O)NC(CC1CCNC1=O)C(O)S(=O)(=O)O. The minimum atomic E-state index is -4.91. The number of aliphatic hydroxyl groups excluding tert-OH is 1. The van der Waals surface area contributed by atoms with Crippen LogP contribution in [0.5, 0.6) is 0 Å². The lowest BCUT2D eigenvalue weighted by molar-refractivity contribution is -0.126. The summed E-state index contributed by atoms with van der Waals surface area (Å²) in [6, 6.07) is -2.48. The van der Waals surface area contributed by atoms with Crippen LogP contribution in [0.15, 0.2) is 0 Å². The number of carbonyl (C=O) groups excluding carboxylic acids is 3. The van der Waals surface area contributed by atoms with Crippen LogP contribution in [0.2, 0.25) is 0 Å². The first-order valence-electron chi connectivity index (χ1n) is 14.0. The molecule has 5 N–H and O–H groups in total. The Labute approximate surface area is 225 Å². The number of hydrogen-bond acceptors (Lipinski definition) is 7. The number of alkyl carbamates (subject to hydrolysis) is 1. The third kappa shape index (κ3) is 7.18. The Bertz CT molecular complexity index is 965. The molecular weight excluding hydrogens is 514 g/mol. The fraction of sp³-hybridized carbons (Fsp3) is 0.885. The molecule has 0 aromatic rings. The highest BCUT2D eigenvalue weighted by atomic mass is 32.2. The molecule has 0 aromatic carbocycles. The van der Waals surface area contributed by atoms with E-state index in [1.165, 1.54) is 38.5 Å². The highest BCUT2D eigenvalue weighted by Crippen LogP contribution is 2.61. The van der Waals surface area contributed by atoms with Crippen LogP contribution in [-0.4, -0.2) is 66.7 Å². The molecule has 1 saturated heterocycles. The summed E-state index contributed by atoms with van der Waals surface area (Å²) in [4.78, 5) is 37.8. The second-order valence-corrected chi connectivity index (χ2v) is 14.2. The molecule has 3 unspecified atom stereocenters. The van der Waals surface area contributed by atoms with Gasteiger partial charge in [0, 0.05) is 12.5 Å². The van der Waals surface area contributed by atoms with Crippen LogP contribution < -0.4 is 16.0 Å². The first-order valence-corrected chi connectivity index (χ1v) is 15.5. The minimum Gasteiger partial charge on any atom is -0.450 e. The van der Waals surface area contributed by atoms with Gasteiger partial charge in [-0.05, 0) is 93.3 Å². The van der Waals surface area contributed by atoms with Gasteiger partial charge in [0.1, 0.15) is 6.04 Å². The molecule has 4 saturated carbocycles. The predicted molar refractivity (Wildman–Crippen MR) is 138 cm³/mol. The van der Waals surface area contributed by atoms with E-state index >= 15 is 0 Å². The molecule has 1 heterocycles. The zero-order chi connectivity index (χ0) is 27.7. The molecule has 5 fully saturated rings. The summed E-state index contributed by atoms with van der Waals surface area (Å²) in [5.74, 6) is 0.752. The number of nitrogens with one attached hydrogen (secondary N) is 3. The van der Waals surface area contributed by atoms with Crippen LogP contribution in [0.3, 0.4) is 0 Å². The summed E-state index contributed by atoms with van der Waals surface area (Å²) in [5.41, 5.74) is -2.05. The van der Waals surface area contributed by atoms with Crippen LogP contribution in [0.1, 0.15) is 78.1 Å². The van der Waals surface area contributed by atoms with Crippen molar-refractivity contribution in [2.24, 2.45) is 35.0 Å². The summed E-state index contributed by atoms with van der Waals surface area (Å²) < 4.78 is 38.2. The van der Waals surface area contributed by atoms with Gasteiger partial charge in [0.2, 0.25) is 17.3 Å². The Morgan fingerprint density at radius 3 is 2.21 bits per heavy atom. The van der Waals surface area contributed by atoms with Gasteiger partial charge in [-0.1, -0.05) is 13.8 Å². The Morgan fingerprint density at radius 2 is 1.71 bits per heavy atom. The first kappa shape index (κ1) is 29.1. The second kappa shape index (κ2) is 11.7. The molecule has 5 aliphatic rings. The minimum absolute atomic E-state index is 0.00336. The maximum absolute atomic E-state index is 13.1. The molecule has 38 heavy (non-hydrogen) atoms. The summed E-state index contributed by atoms with van der Waals surface area (Å²) in [6.07, 6.45) is 8.21. The smallest absolute Gasteiger partial charge is 0.407 e. The van der Waals surface area contributed by atoms with Gasteiger partial charge in [-0.3, -0.25) is 14.1 Å². The Kier molecular flexibility index (Phi) is 8.93. The van der Waals surface area contributed by atoms with Gasteiger partial charge < -0.3 is 25.8 Å². The van der Waals surface area contributed by atoms with Gasteiger partial charge in [0.05, 0.1) is 12.6 Å². The van der Waals surface area contributed by atoms with Crippen molar-refractivity contribution < 1.29 is 37.2 Å². The molecule has 12 heteroatoms. The second-order valence-electron chi connectivity index (χ2n) is 12.7. The lowest BCUT2D eigenvalue weighted by Crippen LogP contribution is -2.55. The molecule has 216 valence electrons. The third-order valence-electron chi connectivity index (χ3n) is 9.02. The third-order valence-corrected chi connectivity index (χ3v) is 9.96. The monoisotopic (exact) mass is 557 g/mol. The maximum Gasteiger partial charge on any atom is 0.407 e. The van der Waals surface area contributed by atoms with Crippen LogP contribution in [0.4, 0.5) is 4.79 Å². The highest BCUT2D eigenvalue weighted by molar-refractivity contribution is 7.86. The molecule has 11 nitrogen and oxygen atoms in total. The molecule has 4 aliphatic carbocycles. The molecule has 0 spiro atoms. The Hall–Kier alpha value is -1.92. The fourth-order valence-electron chi connectivity index (χ4n) is 7.76. The number of rotatable bonds is 12. The largest absolute Gasteiger partial charge is 0.450 e. The van der Waals surface area contributed by atoms with Crippen LogP contribution >= 0.6 is 0 Å². The summed E-state index contributed by atoms with van der Waals surface area (Å²) in [7, 11) is -4.91. The molecule has 4 bridgehead atoms. The molecule has 1 aliphatic heterocycles. The zero-order valence-electron chi connectivity index (χ0n) is 22.4. The van der Waals surface area contributed by atoms with Gasteiger partial charge in [-0.2, -0.15) is 8.42 Å². The van der Waals surface area contributed by atoms with Crippen LogP contribution in [-0.2, 0) is 24.4 Å². The van der Waals surface area contributed by atoms with E-state index in [1.54, 1.807) is 0 Å². The number of aliphatic hydroxyl groups is 1. The fourth-order valence-corrected chi connectivity index (χ4v) is 8.35. The number of ether oxygens (including phenoxy) is 1. The summed E-state index contributed by atoms with van der Waals surface area (Å²) >= 11 is 0. The lowest BCUT2D eigenvalue weighted by Gasteiger charge is -2.57. The van der Waals surface area contributed by atoms with Gasteiger partial charge in [-0.15, -0.1) is 0 Å². The van der Waals surface area contributed by atoms with E-state index in [2.05, 4.69) is 16.0 Å². The Balaban J connectivity index is 1.33. The van der Waals surface area contributed by atoms with Crippen molar-refractivity contribution in [1.82, 2.24) is 16.0 Å². The maximum atomic E-state index is 13.1. The molecule has 4 atom stereocenters. The predicted octanol–water partition coefficient (Wildman–Crippen LogP) is 1.95. The van der Waals surface area contributed by atoms with E-state index in [0.29, 0.717) is 13.0 Å². The van der Waals surface area contributed by atoms with E-state index in [4.69, 9.17) is 4.74 Å². The van der Waals surface area contributed by atoms with E-state index in [-0.39, 0.29) is 36.7 Å². The molecular formula is C26H43N3O8S. The van der Waals surface area contributed by atoms with Gasteiger partial charge in [0.25, 0.3) is 10.1 Å². The van der Waals surface area contributed by atoms with Crippen LogP contribution in [0.25, 0.3) is 0 Å². The van der Waals surface area contributed by atoms with Crippen molar-refractivity contribution in [3.05, 3.63) is 0 Å². The van der Waals surface area contributed by atoms with Crippen molar-refractivity contribution in [2.75, 3.05) is 13.2 Å². The average molecular weight is 558 g/mol. The Morgan fingerprint density at radius 1 is 1.11 bits per heavy atom. The quantitative estimate of drug-likeness (QED) is 0.227. The van der Waals surface area contributed by atoms with Gasteiger partial charge in [0.15, 0.2) is 0 Å². The van der Waals surface area contributed by atoms with Gasteiger partial charge >= 0.3 is 6.09 Å². The van der Waals surface area contributed by atoms with E-state index in [1.807, 2.05) is 13.8 Å². The van der Waals surface area contributed by atoms with Crippen molar-refractivity contribution in [2.45, 2.75) is 95.6 Å². The number of carbonyl (C=O) groups is 3. The highest BCUT2D eigenvalue weighted by Gasteiger charge is 2.50. The van der Waals surface area contributed by atoms with Crippen molar-refractivity contribution in [3.63, 3.8) is 0 Å².